The molecule has 0 saturated carbocycles. The Morgan fingerprint density at radius 2 is 1.72 bits per heavy atom. The molecule has 0 fully saturated rings. The van der Waals surface area contributed by atoms with Gasteiger partial charge in [-0.1, -0.05) is 19.9 Å². The fourth-order valence-electron chi connectivity index (χ4n) is 2.79. The molecule has 7 heteroatoms. The number of carbonyl (C=O) groups excluding carboxylic acids is 1. The van der Waals surface area contributed by atoms with Crippen LogP contribution in [0.3, 0.4) is 0 Å². The highest BCUT2D eigenvalue weighted by Gasteiger charge is 2.26. The Hall–Kier alpha value is -2.38. The van der Waals surface area contributed by atoms with E-state index in [1.54, 1.807) is 19.9 Å². The molecule has 1 aliphatic rings. The van der Waals surface area contributed by atoms with Crippen LogP contribution in [0.25, 0.3) is 0 Å². The Kier molecular flexibility index (Phi) is 4.53. The molecular weight excluding hydrogens is 340 g/mol. The van der Waals surface area contributed by atoms with E-state index >= 15 is 0 Å². The largest absolute Gasteiger partial charge is 0.454 e. The summed E-state index contributed by atoms with van der Waals surface area (Å²) in [5, 5.41) is 2.78. The molecule has 0 aromatic heterocycles. The third kappa shape index (κ3) is 3.12. The zero-order chi connectivity index (χ0) is 18.2. The molecular formula is C18H20N2O4S. The van der Waals surface area contributed by atoms with Gasteiger partial charge in [0.05, 0.1) is 16.1 Å². The number of anilines is 1. The maximum atomic E-state index is 12.7. The van der Waals surface area contributed by atoms with Gasteiger partial charge < -0.3 is 10.1 Å². The highest BCUT2D eigenvalue weighted by atomic mass is 32.2. The minimum Gasteiger partial charge on any atom is -0.454 e. The highest BCUT2D eigenvalue weighted by Crippen LogP contribution is 2.37. The zero-order valence-electron chi connectivity index (χ0n) is 14.4. The molecule has 132 valence electrons. The second-order valence-electron chi connectivity index (χ2n) is 5.80. The molecule has 0 radical (unpaired) electrons. The van der Waals surface area contributed by atoms with Crippen LogP contribution >= 0.6 is 0 Å². The molecule has 1 aliphatic heterocycles. The Bertz CT molecular complexity index is 934. The van der Waals surface area contributed by atoms with Crippen molar-refractivity contribution in [1.29, 1.82) is 0 Å². The predicted octanol–water partition coefficient (Wildman–Crippen LogP) is 3.38. The maximum Gasteiger partial charge on any atom is 0.259 e. The van der Waals surface area contributed by atoms with Gasteiger partial charge in [0.15, 0.2) is 5.75 Å². The van der Waals surface area contributed by atoms with Crippen molar-refractivity contribution in [2.24, 2.45) is 0 Å². The summed E-state index contributed by atoms with van der Waals surface area (Å²) < 4.78 is 32.5. The smallest absolute Gasteiger partial charge is 0.259 e. The van der Waals surface area contributed by atoms with Gasteiger partial charge in [0, 0.05) is 13.1 Å². The Morgan fingerprint density at radius 3 is 2.40 bits per heavy atom. The topological polar surface area (TPSA) is 75.7 Å². The Labute approximate surface area is 147 Å². The lowest BCUT2D eigenvalue weighted by Gasteiger charge is -2.19. The molecule has 0 unspecified atom stereocenters. The first-order valence-electron chi connectivity index (χ1n) is 8.11. The first kappa shape index (κ1) is 17.4. The normalized spacial score (nSPS) is 13.5. The van der Waals surface area contributed by atoms with E-state index in [1.165, 1.54) is 22.5 Å². The van der Waals surface area contributed by atoms with Gasteiger partial charge in [-0.2, -0.15) is 4.31 Å². The van der Waals surface area contributed by atoms with E-state index in [2.05, 4.69) is 5.32 Å². The minimum absolute atomic E-state index is 0.0795. The van der Waals surface area contributed by atoms with Crippen LogP contribution in [0, 0.1) is 6.92 Å². The summed E-state index contributed by atoms with van der Waals surface area (Å²) in [5.41, 5.74) is 1.75. The molecule has 1 N–H and O–H groups in total. The predicted molar refractivity (Wildman–Crippen MR) is 95.8 cm³/mol. The number of ether oxygens (including phenoxy) is 1. The van der Waals surface area contributed by atoms with Gasteiger partial charge in [-0.05, 0) is 42.8 Å². The van der Waals surface area contributed by atoms with E-state index < -0.39 is 15.9 Å². The number of amides is 1. The molecule has 25 heavy (non-hydrogen) atoms. The van der Waals surface area contributed by atoms with Crippen molar-refractivity contribution in [3.63, 3.8) is 0 Å². The number of sulfonamides is 1. The van der Waals surface area contributed by atoms with Gasteiger partial charge in [-0.15, -0.1) is 0 Å². The lowest BCUT2D eigenvalue weighted by Crippen LogP contribution is -2.30. The zero-order valence-corrected chi connectivity index (χ0v) is 15.2. The molecule has 0 bridgehead atoms. The summed E-state index contributed by atoms with van der Waals surface area (Å²) in [7, 11) is -3.65. The fraction of sp³-hybridized carbons (Fsp3) is 0.278. The monoisotopic (exact) mass is 360 g/mol. The molecule has 0 atom stereocenters. The molecule has 3 rings (SSSR count). The SMILES string of the molecule is CCN(CC)S(=O)(=O)c1ccc2c(c1)C(=O)Nc1cc(C)ccc1O2. The molecule has 0 spiro atoms. The Balaban J connectivity index is 2.07. The van der Waals surface area contributed by atoms with Crippen LogP contribution in [0.1, 0.15) is 29.8 Å². The summed E-state index contributed by atoms with van der Waals surface area (Å²) in [6, 6.07) is 9.85. The van der Waals surface area contributed by atoms with Crippen molar-refractivity contribution >= 4 is 21.6 Å². The summed E-state index contributed by atoms with van der Waals surface area (Å²) in [4.78, 5) is 12.6. The van der Waals surface area contributed by atoms with Gasteiger partial charge in [0.1, 0.15) is 5.75 Å². The number of hydrogen-bond donors (Lipinski definition) is 1. The van der Waals surface area contributed by atoms with Gasteiger partial charge in [-0.3, -0.25) is 4.79 Å². The lowest BCUT2D eigenvalue weighted by atomic mass is 10.2. The first-order valence-corrected chi connectivity index (χ1v) is 9.55. The van der Waals surface area contributed by atoms with E-state index in [1.807, 2.05) is 19.1 Å². The van der Waals surface area contributed by atoms with Gasteiger partial charge >= 0.3 is 0 Å². The molecule has 2 aromatic rings. The van der Waals surface area contributed by atoms with Crippen molar-refractivity contribution in [2.45, 2.75) is 25.7 Å². The van der Waals surface area contributed by atoms with Crippen LogP contribution in [-0.2, 0) is 10.0 Å². The van der Waals surface area contributed by atoms with E-state index in [0.717, 1.165) is 5.56 Å². The van der Waals surface area contributed by atoms with Crippen LogP contribution in [0.15, 0.2) is 41.3 Å². The van der Waals surface area contributed by atoms with E-state index in [-0.39, 0.29) is 10.5 Å². The van der Waals surface area contributed by atoms with Crippen LogP contribution in [-0.4, -0.2) is 31.7 Å². The maximum absolute atomic E-state index is 12.7. The van der Waals surface area contributed by atoms with Crippen molar-refractivity contribution in [1.82, 2.24) is 4.31 Å². The molecule has 2 aromatic carbocycles. The Morgan fingerprint density at radius 1 is 1.04 bits per heavy atom. The van der Waals surface area contributed by atoms with Gasteiger partial charge in [0.25, 0.3) is 5.91 Å². The molecule has 6 nitrogen and oxygen atoms in total. The number of rotatable bonds is 4. The van der Waals surface area contributed by atoms with Crippen LogP contribution < -0.4 is 10.1 Å². The van der Waals surface area contributed by atoms with Crippen molar-refractivity contribution in [3.05, 3.63) is 47.5 Å². The average Bonchev–Trinajstić information content (AvgIpc) is 2.71. The first-order chi connectivity index (χ1) is 11.9. The number of fused-ring (bicyclic) bond motifs is 2. The number of nitrogens with zero attached hydrogens (tertiary/aromatic N) is 1. The lowest BCUT2D eigenvalue weighted by molar-refractivity contribution is 0.102. The molecule has 0 aliphatic carbocycles. The number of aryl methyl sites for hydroxylation is 1. The summed E-state index contributed by atoms with van der Waals surface area (Å²) in [6.45, 7) is 6.20. The van der Waals surface area contributed by atoms with E-state index in [4.69, 9.17) is 4.74 Å². The van der Waals surface area contributed by atoms with E-state index in [0.29, 0.717) is 30.3 Å². The summed E-state index contributed by atoms with van der Waals surface area (Å²) in [5.74, 6) is 0.464. The van der Waals surface area contributed by atoms with Crippen LogP contribution in [0.5, 0.6) is 11.5 Å². The van der Waals surface area contributed by atoms with Crippen molar-refractivity contribution < 1.29 is 17.9 Å². The van der Waals surface area contributed by atoms with E-state index in [9.17, 15) is 13.2 Å². The summed E-state index contributed by atoms with van der Waals surface area (Å²) in [6.07, 6.45) is 0. The van der Waals surface area contributed by atoms with Crippen LogP contribution in [0.2, 0.25) is 0 Å². The third-order valence-electron chi connectivity index (χ3n) is 4.14. The third-order valence-corrected chi connectivity index (χ3v) is 6.19. The quantitative estimate of drug-likeness (QED) is 0.907. The number of hydrogen-bond acceptors (Lipinski definition) is 4. The molecule has 1 amide bonds. The number of carbonyl (C=O) groups is 1. The van der Waals surface area contributed by atoms with Crippen LogP contribution in [0.4, 0.5) is 5.69 Å². The van der Waals surface area contributed by atoms with Crippen molar-refractivity contribution in [3.8, 4) is 11.5 Å². The minimum atomic E-state index is -3.65. The molecule has 1 heterocycles. The van der Waals surface area contributed by atoms with Gasteiger partial charge in [-0.25, -0.2) is 8.42 Å². The van der Waals surface area contributed by atoms with Crippen molar-refractivity contribution in [2.75, 3.05) is 18.4 Å². The molecule has 0 saturated heterocycles. The standard InChI is InChI=1S/C18H20N2O4S/c1-4-20(5-2)25(22,23)13-7-9-16-14(11-13)18(21)19-15-10-12(3)6-8-17(15)24-16/h6-11H,4-5H2,1-3H3,(H,19,21). The number of nitrogens with one attached hydrogen (secondary N) is 1. The fourth-order valence-corrected chi connectivity index (χ4v) is 4.27. The second kappa shape index (κ2) is 6.50. The highest BCUT2D eigenvalue weighted by molar-refractivity contribution is 7.89. The average molecular weight is 360 g/mol. The second-order valence-corrected chi connectivity index (χ2v) is 7.74. The number of benzene rings is 2. The van der Waals surface area contributed by atoms with Gasteiger partial charge in [0.2, 0.25) is 10.0 Å². The summed E-state index contributed by atoms with van der Waals surface area (Å²) >= 11 is 0.